The van der Waals surface area contributed by atoms with E-state index in [1.807, 2.05) is 17.5 Å². The van der Waals surface area contributed by atoms with Crippen molar-refractivity contribution in [3.05, 3.63) is 56.9 Å². The Kier molecular flexibility index (Phi) is 3.85. The second kappa shape index (κ2) is 5.79. The summed E-state index contributed by atoms with van der Waals surface area (Å²) in [6.45, 7) is -0.0633. The minimum Gasteiger partial charge on any atom is -0.324 e. The van der Waals surface area contributed by atoms with Gasteiger partial charge in [-0.3, -0.25) is 14.2 Å². The molecule has 0 aliphatic rings. The average Bonchev–Trinajstić information content (AvgIpc) is 2.91. The lowest BCUT2D eigenvalue weighted by atomic mass is 10.3. The molecule has 7 heteroatoms. The molecule has 0 aliphatic heterocycles. The van der Waals surface area contributed by atoms with E-state index in [9.17, 15) is 9.59 Å². The van der Waals surface area contributed by atoms with Crippen molar-refractivity contribution in [3.63, 3.8) is 0 Å². The van der Waals surface area contributed by atoms with Crippen LogP contribution in [0.1, 0.15) is 0 Å². The van der Waals surface area contributed by atoms with Gasteiger partial charge in [0.15, 0.2) is 0 Å². The van der Waals surface area contributed by atoms with E-state index in [1.165, 1.54) is 22.2 Å². The van der Waals surface area contributed by atoms with Crippen LogP contribution in [-0.4, -0.2) is 15.5 Å². The van der Waals surface area contributed by atoms with Gasteiger partial charge in [0.25, 0.3) is 5.56 Å². The van der Waals surface area contributed by atoms with Gasteiger partial charge in [0.2, 0.25) is 5.91 Å². The van der Waals surface area contributed by atoms with Crippen LogP contribution in [0.25, 0.3) is 10.2 Å². The zero-order chi connectivity index (χ0) is 14.8. The van der Waals surface area contributed by atoms with Crippen LogP contribution in [0.2, 0.25) is 0 Å². The van der Waals surface area contributed by atoms with Crippen molar-refractivity contribution in [3.8, 4) is 0 Å². The van der Waals surface area contributed by atoms with Crippen molar-refractivity contribution in [2.24, 2.45) is 0 Å². The van der Waals surface area contributed by atoms with Gasteiger partial charge >= 0.3 is 0 Å². The third-order valence-corrected chi connectivity index (χ3v) is 4.24. The lowest BCUT2D eigenvalue weighted by Crippen LogP contribution is -2.27. The number of hydrogen-bond donors (Lipinski definition) is 1. The second-order valence-corrected chi connectivity index (χ2v) is 6.20. The minimum atomic E-state index is -0.270. The number of nitrogens with one attached hydrogen (secondary N) is 1. The van der Waals surface area contributed by atoms with Crippen molar-refractivity contribution in [1.29, 1.82) is 0 Å². The molecule has 0 saturated heterocycles. The predicted octanol–water partition coefficient (Wildman–Crippen LogP) is 2.86. The number of benzene rings is 1. The number of aromatic nitrogens is 2. The zero-order valence-corrected chi connectivity index (χ0v) is 13.1. The number of carbonyl (C=O) groups excluding carboxylic acids is 1. The number of halogens is 1. The molecule has 2 heterocycles. The van der Waals surface area contributed by atoms with Gasteiger partial charge in [-0.1, -0.05) is 22.0 Å². The molecule has 0 bridgehead atoms. The molecule has 0 unspecified atom stereocenters. The van der Waals surface area contributed by atoms with Gasteiger partial charge in [0.05, 0.1) is 11.8 Å². The third-order valence-electron chi connectivity index (χ3n) is 2.86. The molecule has 1 N–H and O–H groups in total. The SMILES string of the molecule is O=C(Cn1cnc2ccsc2c1=O)Nc1cccc(Br)c1. The van der Waals surface area contributed by atoms with E-state index >= 15 is 0 Å². The van der Waals surface area contributed by atoms with Crippen LogP contribution in [0.5, 0.6) is 0 Å². The van der Waals surface area contributed by atoms with Crippen molar-refractivity contribution >= 4 is 49.1 Å². The maximum absolute atomic E-state index is 12.2. The molecule has 0 spiro atoms. The van der Waals surface area contributed by atoms with Crippen LogP contribution in [0.4, 0.5) is 5.69 Å². The number of fused-ring (bicyclic) bond motifs is 1. The first-order chi connectivity index (χ1) is 10.1. The van der Waals surface area contributed by atoms with E-state index in [0.29, 0.717) is 15.9 Å². The number of amides is 1. The van der Waals surface area contributed by atoms with Crippen LogP contribution in [0.15, 0.2) is 51.3 Å². The molecule has 106 valence electrons. The Bertz CT molecular complexity index is 872. The molecule has 5 nitrogen and oxygen atoms in total. The van der Waals surface area contributed by atoms with Crippen molar-refractivity contribution < 1.29 is 4.79 Å². The molecule has 0 aliphatic carbocycles. The van der Waals surface area contributed by atoms with Gasteiger partial charge < -0.3 is 5.32 Å². The summed E-state index contributed by atoms with van der Waals surface area (Å²) in [7, 11) is 0. The highest BCUT2D eigenvalue weighted by Gasteiger charge is 2.09. The molecular weight excluding hydrogens is 354 g/mol. The molecule has 0 radical (unpaired) electrons. The lowest BCUT2D eigenvalue weighted by Gasteiger charge is -2.07. The highest BCUT2D eigenvalue weighted by Crippen LogP contribution is 2.16. The van der Waals surface area contributed by atoms with E-state index in [-0.39, 0.29) is 18.0 Å². The quantitative estimate of drug-likeness (QED) is 0.777. The van der Waals surface area contributed by atoms with Crippen LogP contribution in [0, 0.1) is 0 Å². The molecule has 1 amide bonds. The van der Waals surface area contributed by atoms with Crippen molar-refractivity contribution in [2.75, 3.05) is 5.32 Å². The van der Waals surface area contributed by atoms with Gasteiger partial charge in [0.1, 0.15) is 11.2 Å². The molecule has 3 aromatic rings. The van der Waals surface area contributed by atoms with E-state index in [0.717, 1.165) is 4.47 Å². The minimum absolute atomic E-state index is 0.0633. The Morgan fingerprint density at radius 2 is 2.24 bits per heavy atom. The monoisotopic (exact) mass is 363 g/mol. The maximum Gasteiger partial charge on any atom is 0.271 e. The highest BCUT2D eigenvalue weighted by atomic mass is 79.9. The highest BCUT2D eigenvalue weighted by molar-refractivity contribution is 9.10. The second-order valence-electron chi connectivity index (χ2n) is 4.37. The fourth-order valence-corrected chi connectivity index (χ4v) is 3.10. The fraction of sp³-hybridized carbons (Fsp3) is 0.0714. The summed E-state index contributed by atoms with van der Waals surface area (Å²) >= 11 is 4.67. The van der Waals surface area contributed by atoms with Crippen LogP contribution in [-0.2, 0) is 11.3 Å². The van der Waals surface area contributed by atoms with E-state index < -0.39 is 0 Å². The first-order valence-electron chi connectivity index (χ1n) is 6.11. The molecule has 1 aromatic carbocycles. The lowest BCUT2D eigenvalue weighted by molar-refractivity contribution is -0.116. The van der Waals surface area contributed by atoms with Gasteiger partial charge in [-0.25, -0.2) is 4.98 Å². The van der Waals surface area contributed by atoms with Crippen LogP contribution < -0.4 is 10.9 Å². The Morgan fingerprint density at radius 1 is 1.38 bits per heavy atom. The summed E-state index contributed by atoms with van der Waals surface area (Å²) in [4.78, 5) is 28.3. The number of nitrogens with zero attached hydrogens (tertiary/aromatic N) is 2. The molecule has 0 atom stereocenters. The summed E-state index contributed by atoms with van der Waals surface area (Å²) in [6.07, 6.45) is 1.40. The number of thiophene rings is 1. The first-order valence-corrected chi connectivity index (χ1v) is 7.79. The van der Waals surface area contributed by atoms with E-state index in [2.05, 4.69) is 26.2 Å². The molecular formula is C14H10BrN3O2S. The van der Waals surface area contributed by atoms with Crippen molar-refractivity contribution in [1.82, 2.24) is 9.55 Å². The fourth-order valence-electron chi connectivity index (χ4n) is 1.91. The smallest absolute Gasteiger partial charge is 0.271 e. The normalized spacial score (nSPS) is 10.7. The van der Waals surface area contributed by atoms with Gasteiger partial charge in [-0.2, -0.15) is 0 Å². The van der Waals surface area contributed by atoms with Crippen LogP contribution in [0.3, 0.4) is 0 Å². The topological polar surface area (TPSA) is 64.0 Å². The summed E-state index contributed by atoms with van der Waals surface area (Å²) in [5.41, 5.74) is 1.14. The van der Waals surface area contributed by atoms with Crippen LogP contribution >= 0.6 is 27.3 Å². The van der Waals surface area contributed by atoms with E-state index in [1.54, 1.807) is 18.2 Å². The standard InChI is InChI=1S/C14H10BrN3O2S/c15-9-2-1-3-10(6-9)17-12(19)7-18-8-16-11-4-5-21-13(11)14(18)20/h1-6,8H,7H2,(H,17,19). The first kappa shape index (κ1) is 14.0. The summed E-state index contributed by atoms with van der Waals surface area (Å²) in [6, 6.07) is 9.06. The molecule has 3 rings (SSSR count). The average molecular weight is 364 g/mol. The number of rotatable bonds is 3. The predicted molar refractivity (Wildman–Crippen MR) is 86.7 cm³/mol. The molecule has 2 aromatic heterocycles. The summed E-state index contributed by atoms with van der Waals surface area (Å²) < 4.78 is 2.75. The molecule has 0 saturated carbocycles. The van der Waals surface area contributed by atoms with Gasteiger partial charge in [-0.05, 0) is 29.6 Å². The van der Waals surface area contributed by atoms with Gasteiger partial charge in [-0.15, -0.1) is 11.3 Å². The molecule has 21 heavy (non-hydrogen) atoms. The number of carbonyl (C=O) groups is 1. The third kappa shape index (κ3) is 3.03. The summed E-state index contributed by atoms with van der Waals surface area (Å²) in [5, 5.41) is 4.56. The Hall–Kier alpha value is -1.99. The molecule has 0 fully saturated rings. The Morgan fingerprint density at radius 3 is 3.05 bits per heavy atom. The maximum atomic E-state index is 12.2. The number of anilines is 1. The Balaban J connectivity index is 1.80. The zero-order valence-electron chi connectivity index (χ0n) is 10.7. The number of hydrogen-bond acceptors (Lipinski definition) is 4. The largest absolute Gasteiger partial charge is 0.324 e. The van der Waals surface area contributed by atoms with Gasteiger partial charge in [0, 0.05) is 10.2 Å². The van der Waals surface area contributed by atoms with E-state index in [4.69, 9.17) is 0 Å². The Labute approximate surface area is 132 Å². The van der Waals surface area contributed by atoms with Crippen molar-refractivity contribution in [2.45, 2.75) is 6.54 Å². The summed E-state index contributed by atoms with van der Waals surface area (Å²) in [5.74, 6) is -0.270.